The average Bonchev–Trinajstić information content (AvgIpc) is 2.61. The molecule has 0 bridgehead atoms. The van der Waals surface area contributed by atoms with Gasteiger partial charge in [-0.1, -0.05) is 29.8 Å². The Bertz CT molecular complexity index is 913. The third-order valence-electron chi connectivity index (χ3n) is 3.41. The molecule has 1 atom stereocenters. The molecular formula is C19H20ClO7P. The van der Waals surface area contributed by atoms with Gasteiger partial charge in [0.25, 0.3) is 0 Å². The molecular weight excluding hydrogens is 407 g/mol. The lowest BCUT2D eigenvalue weighted by Crippen LogP contribution is -2.12. The van der Waals surface area contributed by atoms with Crippen LogP contribution in [0.5, 0.6) is 11.5 Å². The van der Waals surface area contributed by atoms with Crippen molar-refractivity contribution in [3.8, 4) is 11.5 Å². The molecule has 7 nitrogen and oxygen atoms in total. The van der Waals surface area contributed by atoms with Crippen LogP contribution in [0, 0.1) is 0 Å². The van der Waals surface area contributed by atoms with Gasteiger partial charge in [0.15, 0.2) is 0 Å². The molecule has 2 aromatic rings. The molecule has 0 fully saturated rings. The topological polar surface area (TPSA) is 88.1 Å². The zero-order valence-corrected chi connectivity index (χ0v) is 17.3. The van der Waals surface area contributed by atoms with Crippen LogP contribution in [-0.4, -0.2) is 25.2 Å². The molecule has 0 amide bonds. The summed E-state index contributed by atoms with van der Waals surface area (Å²) in [5, 5.41) is 0.273. The summed E-state index contributed by atoms with van der Waals surface area (Å²) in [5.41, 5.74) is 0.661. The molecule has 0 N–H and O–H groups in total. The van der Waals surface area contributed by atoms with E-state index in [-0.39, 0.29) is 35.3 Å². The molecule has 2 aromatic carbocycles. The Kier molecular flexibility index (Phi) is 7.78. The normalized spacial score (nSPS) is 12.9. The number of esters is 2. The summed E-state index contributed by atoms with van der Waals surface area (Å²) in [7, 11) is -3.16. The summed E-state index contributed by atoms with van der Waals surface area (Å²) in [6, 6.07) is 10.8. The average molecular weight is 427 g/mol. The SMILES string of the molecule is CCOP(C)(=O)OCc1ccc(OC(=O)c2ccccc2OC(C)=O)cc1Cl. The molecule has 0 aliphatic heterocycles. The molecule has 0 aromatic heterocycles. The second-order valence-electron chi connectivity index (χ2n) is 5.70. The van der Waals surface area contributed by atoms with Crippen molar-refractivity contribution in [2.45, 2.75) is 20.5 Å². The Labute approximate surface area is 168 Å². The fourth-order valence-corrected chi connectivity index (χ4v) is 3.35. The third-order valence-corrected chi connectivity index (χ3v) is 5.09. The summed E-state index contributed by atoms with van der Waals surface area (Å²) in [5.74, 6) is -0.953. The predicted molar refractivity (Wildman–Crippen MR) is 104 cm³/mol. The first-order chi connectivity index (χ1) is 13.2. The molecule has 2 rings (SSSR count). The Hall–Kier alpha value is -2.18. The fourth-order valence-electron chi connectivity index (χ4n) is 2.21. The van der Waals surface area contributed by atoms with Gasteiger partial charge in [-0.25, -0.2) is 4.79 Å². The molecule has 0 spiro atoms. The van der Waals surface area contributed by atoms with E-state index in [1.807, 2.05) is 0 Å². The van der Waals surface area contributed by atoms with Crippen LogP contribution >= 0.6 is 19.2 Å². The highest BCUT2D eigenvalue weighted by Gasteiger charge is 2.18. The van der Waals surface area contributed by atoms with Crippen LogP contribution in [0.15, 0.2) is 42.5 Å². The number of halogens is 1. The van der Waals surface area contributed by atoms with E-state index in [4.69, 9.17) is 30.1 Å². The zero-order chi connectivity index (χ0) is 20.7. The van der Waals surface area contributed by atoms with E-state index in [0.717, 1.165) is 0 Å². The minimum absolute atomic E-state index is 0.0177. The highest BCUT2D eigenvalue weighted by Crippen LogP contribution is 2.45. The maximum absolute atomic E-state index is 12.4. The van der Waals surface area contributed by atoms with Gasteiger partial charge >= 0.3 is 19.5 Å². The van der Waals surface area contributed by atoms with Gasteiger partial charge < -0.3 is 18.5 Å². The van der Waals surface area contributed by atoms with E-state index < -0.39 is 19.5 Å². The highest BCUT2D eigenvalue weighted by atomic mass is 35.5. The molecule has 0 aliphatic rings. The fraction of sp³-hybridized carbons (Fsp3) is 0.263. The van der Waals surface area contributed by atoms with Crippen LogP contribution in [0.1, 0.15) is 29.8 Å². The Balaban J connectivity index is 2.10. The van der Waals surface area contributed by atoms with Crippen LogP contribution in [0.3, 0.4) is 0 Å². The van der Waals surface area contributed by atoms with E-state index >= 15 is 0 Å². The lowest BCUT2D eigenvalue weighted by molar-refractivity contribution is -0.131. The Morgan fingerprint density at radius 1 is 1.07 bits per heavy atom. The lowest BCUT2D eigenvalue weighted by Gasteiger charge is -2.14. The monoisotopic (exact) mass is 426 g/mol. The molecule has 0 saturated heterocycles. The van der Waals surface area contributed by atoms with Crippen molar-refractivity contribution >= 4 is 31.1 Å². The molecule has 0 radical (unpaired) electrons. The van der Waals surface area contributed by atoms with E-state index in [0.29, 0.717) is 5.56 Å². The van der Waals surface area contributed by atoms with Crippen molar-refractivity contribution in [2.75, 3.05) is 13.3 Å². The van der Waals surface area contributed by atoms with Crippen molar-refractivity contribution in [3.05, 3.63) is 58.6 Å². The molecule has 9 heteroatoms. The van der Waals surface area contributed by atoms with Crippen molar-refractivity contribution < 1.29 is 32.7 Å². The van der Waals surface area contributed by atoms with E-state index in [1.165, 1.54) is 37.9 Å². The highest BCUT2D eigenvalue weighted by molar-refractivity contribution is 7.52. The minimum Gasteiger partial charge on any atom is -0.426 e. The van der Waals surface area contributed by atoms with Gasteiger partial charge in [0, 0.05) is 18.6 Å². The summed E-state index contributed by atoms with van der Waals surface area (Å²) in [4.78, 5) is 23.6. The van der Waals surface area contributed by atoms with E-state index in [2.05, 4.69) is 0 Å². The lowest BCUT2D eigenvalue weighted by atomic mass is 10.2. The Morgan fingerprint density at radius 3 is 2.43 bits per heavy atom. The maximum Gasteiger partial charge on any atom is 0.347 e. The molecule has 0 heterocycles. The third kappa shape index (κ3) is 6.46. The van der Waals surface area contributed by atoms with Crippen LogP contribution in [0.4, 0.5) is 0 Å². The number of benzene rings is 2. The van der Waals surface area contributed by atoms with Gasteiger partial charge in [0.1, 0.15) is 17.1 Å². The number of para-hydroxylation sites is 1. The molecule has 28 heavy (non-hydrogen) atoms. The summed E-state index contributed by atoms with van der Waals surface area (Å²) < 4.78 is 32.6. The van der Waals surface area contributed by atoms with E-state index in [1.54, 1.807) is 25.1 Å². The van der Waals surface area contributed by atoms with Crippen molar-refractivity contribution in [3.63, 3.8) is 0 Å². The standard InChI is InChI=1S/C19H20ClO7P/c1-4-24-28(3,23)25-12-14-9-10-15(11-17(14)20)27-19(22)16-7-5-6-8-18(16)26-13(2)21/h5-11H,4,12H2,1-3H3. The van der Waals surface area contributed by atoms with Gasteiger partial charge in [-0.05, 0) is 36.8 Å². The van der Waals surface area contributed by atoms with Crippen molar-refractivity contribution in [1.29, 1.82) is 0 Å². The van der Waals surface area contributed by atoms with E-state index in [9.17, 15) is 14.2 Å². The summed E-state index contributed by atoms with van der Waals surface area (Å²) in [6.07, 6.45) is 0. The second kappa shape index (κ2) is 9.85. The first-order valence-electron chi connectivity index (χ1n) is 8.36. The van der Waals surface area contributed by atoms with Gasteiger partial charge in [-0.3, -0.25) is 9.36 Å². The Morgan fingerprint density at radius 2 is 1.79 bits per heavy atom. The molecule has 0 saturated carbocycles. The van der Waals surface area contributed by atoms with Crippen LogP contribution in [0.2, 0.25) is 5.02 Å². The first kappa shape index (κ1) is 22.1. The largest absolute Gasteiger partial charge is 0.426 e. The number of carbonyl (C=O) groups is 2. The second-order valence-corrected chi connectivity index (χ2v) is 8.16. The van der Waals surface area contributed by atoms with Crippen LogP contribution in [-0.2, 0) is 25.0 Å². The van der Waals surface area contributed by atoms with Crippen molar-refractivity contribution in [2.24, 2.45) is 0 Å². The predicted octanol–water partition coefficient (Wildman–Crippen LogP) is 4.86. The van der Waals surface area contributed by atoms with Gasteiger partial charge in [-0.2, -0.15) is 0 Å². The van der Waals surface area contributed by atoms with Gasteiger partial charge in [-0.15, -0.1) is 0 Å². The number of hydrogen-bond donors (Lipinski definition) is 0. The van der Waals surface area contributed by atoms with Gasteiger partial charge in [0.2, 0.25) is 0 Å². The molecule has 1 unspecified atom stereocenters. The van der Waals surface area contributed by atoms with Crippen LogP contribution in [0.25, 0.3) is 0 Å². The summed E-state index contributed by atoms with van der Waals surface area (Å²) >= 11 is 6.19. The maximum atomic E-state index is 12.4. The number of carbonyl (C=O) groups excluding carboxylic acids is 2. The number of rotatable bonds is 8. The van der Waals surface area contributed by atoms with Crippen molar-refractivity contribution in [1.82, 2.24) is 0 Å². The quantitative estimate of drug-likeness (QED) is 0.338. The first-order valence-corrected chi connectivity index (χ1v) is 10.7. The molecule has 150 valence electrons. The summed E-state index contributed by atoms with van der Waals surface area (Å²) in [6.45, 7) is 4.58. The molecule has 0 aliphatic carbocycles. The zero-order valence-electron chi connectivity index (χ0n) is 15.6. The van der Waals surface area contributed by atoms with Gasteiger partial charge in [0.05, 0.1) is 13.2 Å². The number of hydrogen-bond acceptors (Lipinski definition) is 7. The smallest absolute Gasteiger partial charge is 0.347 e. The minimum atomic E-state index is -3.16. The van der Waals surface area contributed by atoms with Crippen LogP contribution < -0.4 is 9.47 Å². The number of ether oxygens (including phenoxy) is 2.